The predicted molar refractivity (Wildman–Crippen MR) is 160 cm³/mol. The zero-order valence-electron chi connectivity index (χ0n) is 26.9. The number of aromatic nitrogens is 2. The molecular weight excluding hydrogens is 586 g/mol. The molecule has 2 amide bonds. The lowest BCUT2D eigenvalue weighted by atomic mass is 9.85. The smallest absolute Gasteiger partial charge is 0.408 e. The number of rotatable bonds is 2. The molecule has 12 heteroatoms. The fourth-order valence-corrected chi connectivity index (χ4v) is 7.36. The maximum Gasteiger partial charge on any atom is 0.408 e. The summed E-state index contributed by atoms with van der Waals surface area (Å²) in [6, 6.07) is 3.20. The zero-order chi connectivity index (χ0) is 32.6. The average molecular weight is 629 g/mol. The number of fused-ring (bicyclic) bond motifs is 7. The molecule has 2 aliphatic heterocycles. The van der Waals surface area contributed by atoms with Crippen molar-refractivity contribution in [2.24, 2.45) is 23.2 Å². The molecule has 8 atom stereocenters. The number of nitrogens with one attached hydrogen (secondary N) is 1. The van der Waals surface area contributed by atoms with Crippen molar-refractivity contribution in [3.8, 4) is 11.6 Å². The summed E-state index contributed by atoms with van der Waals surface area (Å²) in [5, 5.41) is 2.78. The van der Waals surface area contributed by atoms with Crippen LogP contribution in [0.2, 0.25) is 0 Å². The molecule has 2 aliphatic carbocycles. The van der Waals surface area contributed by atoms with Crippen LogP contribution in [0, 0.1) is 23.2 Å². The minimum absolute atomic E-state index is 0.00486. The second-order valence-electron chi connectivity index (χ2n) is 14.6. The van der Waals surface area contributed by atoms with Gasteiger partial charge in [-0.3, -0.25) is 9.59 Å². The summed E-state index contributed by atoms with van der Waals surface area (Å²) in [6.45, 7) is 10.5. The first-order valence-corrected chi connectivity index (χ1v) is 15.8. The van der Waals surface area contributed by atoms with Crippen molar-refractivity contribution in [2.45, 2.75) is 103 Å². The van der Waals surface area contributed by atoms with E-state index in [1.165, 1.54) is 18.9 Å². The number of benzene rings is 1. The summed E-state index contributed by atoms with van der Waals surface area (Å²) in [6.07, 6.45) is 0.600. The van der Waals surface area contributed by atoms with Gasteiger partial charge in [-0.05, 0) is 50.7 Å². The Kier molecular flexibility index (Phi) is 7.51. The number of hydrogen-bond donors (Lipinski definition) is 1. The van der Waals surface area contributed by atoms with Gasteiger partial charge in [0.2, 0.25) is 11.8 Å². The molecular formula is C33H42F2N4O6. The van der Waals surface area contributed by atoms with Gasteiger partial charge in [-0.2, -0.15) is 0 Å². The van der Waals surface area contributed by atoms with Gasteiger partial charge in [0.15, 0.2) is 5.78 Å². The lowest BCUT2D eigenvalue weighted by molar-refractivity contribution is -0.141. The Bertz CT molecular complexity index is 1550. The molecule has 0 radical (unpaired) electrons. The first-order valence-electron chi connectivity index (χ1n) is 15.8. The number of methoxy groups -OCH3 is 1. The van der Waals surface area contributed by atoms with E-state index < -0.39 is 64.9 Å². The normalized spacial score (nSPS) is 34.6. The minimum Gasteiger partial charge on any atom is -0.497 e. The van der Waals surface area contributed by atoms with Crippen molar-refractivity contribution in [3.05, 3.63) is 23.9 Å². The highest BCUT2D eigenvalue weighted by Gasteiger charge is 2.70. The van der Waals surface area contributed by atoms with Crippen LogP contribution in [0.5, 0.6) is 11.6 Å². The van der Waals surface area contributed by atoms with Crippen LogP contribution in [0.4, 0.5) is 13.6 Å². The Morgan fingerprint density at radius 3 is 2.56 bits per heavy atom. The van der Waals surface area contributed by atoms with Crippen molar-refractivity contribution >= 4 is 28.8 Å². The van der Waals surface area contributed by atoms with Crippen LogP contribution >= 0.6 is 0 Å². The van der Waals surface area contributed by atoms with E-state index in [0.717, 1.165) is 0 Å². The standard InChI is InChI=1S/C33H42F2N4O6/c1-16-23-15-39(26(16)17(2)40)29(41)27(31(3,4)5)38-30(42)45-32(6)14-18(32)9-8-10-20-24(33(20,34)35)25-28(44-23)37-22-13-19(43-7)11-12-21(22)36-25/h11-13,16,18,20,23-24,26-27H,8-10,14-15H2,1-7H3,(H,38,42)/t16-,18-,20?,23+,24?,26+,27-,32-/m1/s1. The first kappa shape index (κ1) is 31.4. The summed E-state index contributed by atoms with van der Waals surface area (Å²) < 4.78 is 48.5. The molecule has 10 nitrogen and oxygen atoms in total. The number of amides is 2. The Morgan fingerprint density at radius 2 is 1.89 bits per heavy atom. The average Bonchev–Trinajstić information content (AvgIpc) is 3.70. The minimum atomic E-state index is -3.00. The van der Waals surface area contributed by atoms with Crippen LogP contribution in [0.15, 0.2) is 18.2 Å². The third-order valence-corrected chi connectivity index (χ3v) is 10.2. The highest BCUT2D eigenvalue weighted by atomic mass is 19.3. The number of alkyl carbamates (subject to hydrolysis) is 1. The Hall–Kier alpha value is -3.57. The Balaban J connectivity index is 1.43. The van der Waals surface area contributed by atoms with E-state index in [4.69, 9.17) is 14.2 Å². The number of halogens is 2. The summed E-state index contributed by atoms with van der Waals surface area (Å²) in [7, 11) is 1.52. The Labute approximate surface area is 261 Å². The van der Waals surface area contributed by atoms with Gasteiger partial charge in [-0.1, -0.05) is 34.1 Å². The monoisotopic (exact) mass is 628 g/mol. The molecule has 45 heavy (non-hydrogen) atoms. The number of nitrogens with zero attached hydrogens (tertiary/aromatic N) is 3. The lowest BCUT2D eigenvalue weighted by Crippen LogP contribution is -2.57. The Morgan fingerprint density at radius 1 is 1.16 bits per heavy atom. The molecule has 6 rings (SSSR count). The van der Waals surface area contributed by atoms with Gasteiger partial charge >= 0.3 is 6.09 Å². The van der Waals surface area contributed by atoms with Crippen LogP contribution in [0.25, 0.3) is 11.0 Å². The van der Waals surface area contributed by atoms with Crippen molar-refractivity contribution < 1.29 is 37.4 Å². The molecule has 3 heterocycles. The van der Waals surface area contributed by atoms with E-state index in [9.17, 15) is 14.4 Å². The van der Waals surface area contributed by atoms with E-state index in [-0.39, 0.29) is 36.2 Å². The van der Waals surface area contributed by atoms with Gasteiger partial charge in [-0.15, -0.1) is 0 Å². The molecule has 3 fully saturated rings. The van der Waals surface area contributed by atoms with Gasteiger partial charge in [0.25, 0.3) is 5.92 Å². The molecule has 1 aromatic carbocycles. The summed E-state index contributed by atoms with van der Waals surface area (Å²) in [4.78, 5) is 51.1. The number of hydrogen-bond acceptors (Lipinski definition) is 8. The van der Waals surface area contributed by atoms with Gasteiger partial charge in [0, 0.05) is 23.8 Å². The van der Waals surface area contributed by atoms with Crippen molar-refractivity contribution in [1.82, 2.24) is 20.2 Å². The molecule has 2 unspecified atom stereocenters. The zero-order valence-corrected chi connectivity index (χ0v) is 26.9. The maximum absolute atomic E-state index is 15.5. The maximum atomic E-state index is 15.5. The van der Waals surface area contributed by atoms with Crippen molar-refractivity contribution in [3.63, 3.8) is 0 Å². The number of alkyl halides is 2. The van der Waals surface area contributed by atoms with Crippen molar-refractivity contribution in [1.29, 1.82) is 0 Å². The molecule has 0 spiro atoms. The number of ketones is 1. The molecule has 1 aromatic heterocycles. The summed E-state index contributed by atoms with van der Waals surface area (Å²) >= 11 is 0. The van der Waals surface area contributed by atoms with Gasteiger partial charge in [0.1, 0.15) is 29.2 Å². The lowest BCUT2D eigenvalue weighted by Gasteiger charge is -2.35. The highest BCUT2D eigenvalue weighted by molar-refractivity contribution is 5.92. The molecule has 2 saturated carbocycles. The second-order valence-corrected chi connectivity index (χ2v) is 14.6. The van der Waals surface area contributed by atoms with Crippen LogP contribution in [-0.2, 0) is 14.3 Å². The van der Waals surface area contributed by atoms with Crippen LogP contribution < -0.4 is 14.8 Å². The topological polar surface area (TPSA) is 120 Å². The van der Waals surface area contributed by atoms with Gasteiger partial charge in [0.05, 0.1) is 36.6 Å². The van der Waals surface area contributed by atoms with Crippen LogP contribution in [0.3, 0.4) is 0 Å². The van der Waals surface area contributed by atoms with E-state index in [1.807, 2.05) is 27.7 Å². The number of Topliss-reactive ketones (excluding diaryl/α,β-unsaturated/α-hetero) is 1. The molecule has 244 valence electrons. The van der Waals surface area contributed by atoms with E-state index in [1.54, 1.807) is 25.1 Å². The summed E-state index contributed by atoms with van der Waals surface area (Å²) in [5.41, 5.74) is -0.504. The first-order chi connectivity index (χ1) is 21.0. The fourth-order valence-electron chi connectivity index (χ4n) is 7.36. The number of carbonyl (C=O) groups excluding carboxylic acids is 3. The van der Waals surface area contributed by atoms with Crippen LogP contribution in [0.1, 0.15) is 78.8 Å². The largest absolute Gasteiger partial charge is 0.497 e. The second kappa shape index (κ2) is 10.8. The van der Waals surface area contributed by atoms with Gasteiger partial charge in [-0.25, -0.2) is 23.5 Å². The van der Waals surface area contributed by atoms with E-state index in [0.29, 0.717) is 36.0 Å². The summed E-state index contributed by atoms with van der Waals surface area (Å²) in [5.74, 6) is -5.77. The third kappa shape index (κ3) is 5.58. The van der Waals surface area contributed by atoms with Crippen LogP contribution in [-0.4, -0.2) is 76.0 Å². The predicted octanol–water partition coefficient (Wildman–Crippen LogP) is 5.27. The number of carbonyl (C=O) groups is 3. The third-order valence-electron chi connectivity index (χ3n) is 10.2. The molecule has 4 aliphatic rings. The number of ether oxygens (including phenoxy) is 3. The molecule has 2 bridgehead atoms. The molecule has 1 saturated heterocycles. The molecule has 2 aromatic rings. The SMILES string of the molecule is COc1ccc2nc3c(nc2c1)O[C@H]1CN(C(=O)[C@H](C(C)(C)C)NC(=O)O[C@]2(C)C[C@H]2CCCC2C3C2(F)F)[C@H](C(C)=O)[C@@H]1C. The quantitative estimate of drug-likeness (QED) is 0.478. The highest BCUT2D eigenvalue weighted by Crippen LogP contribution is 2.65. The van der Waals surface area contributed by atoms with Gasteiger partial charge < -0.3 is 24.4 Å². The fraction of sp³-hybridized carbons (Fsp3) is 0.667. The van der Waals surface area contributed by atoms with Crippen molar-refractivity contribution in [2.75, 3.05) is 13.7 Å². The van der Waals surface area contributed by atoms with E-state index in [2.05, 4.69) is 15.3 Å². The molecule has 1 N–H and O–H groups in total. The van der Waals surface area contributed by atoms with E-state index >= 15 is 8.78 Å².